The molecule has 3 rings (SSSR count). The zero-order chi connectivity index (χ0) is 17.5. The number of aromatic nitrogens is 2. The van der Waals surface area contributed by atoms with Crippen LogP contribution >= 0.6 is 0 Å². The first-order valence-corrected chi connectivity index (χ1v) is 8.73. The molecule has 1 aromatic heterocycles. The third kappa shape index (κ3) is 4.79. The van der Waals surface area contributed by atoms with Gasteiger partial charge < -0.3 is 19.5 Å². The van der Waals surface area contributed by atoms with Gasteiger partial charge in [-0.15, -0.1) is 0 Å². The van der Waals surface area contributed by atoms with Crippen LogP contribution in [-0.4, -0.2) is 47.3 Å². The van der Waals surface area contributed by atoms with Crippen molar-refractivity contribution in [3.8, 4) is 0 Å². The smallest absolute Gasteiger partial charge is 0.317 e. The second-order valence-corrected chi connectivity index (χ2v) is 6.10. The lowest BCUT2D eigenvalue weighted by atomic mass is 10.1. The van der Waals surface area contributed by atoms with Gasteiger partial charge in [0.05, 0.1) is 19.1 Å². The van der Waals surface area contributed by atoms with Crippen LogP contribution in [0.1, 0.15) is 36.5 Å². The number of ether oxygens (including phenoxy) is 1. The first-order chi connectivity index (χ1) is 12.3. The summed E-state index contributed by atoms with van der Waals surface area (Å²) in [4.78, 5) is 18.1. The average molecular weight is 344 g/mol. The SMILES string of the molecule is CCNC(=O)N1CCC(c2nc(CCOCc3ccccc3)no2)C1. The van der Waals surface area contributed by atoms with Crippen molar-refractivity contribution in [2.24, 2.45) is 0 Å². The van der Waals surface area contributed by atoms with Crippen LogP contribution in [0.2, 0.25) is 0 Å². The molecule has 1 saturated heterocycles. The summed E-state index contributed by atoms with van der Waals surface area (Å²) in [6.07, 6.45) is 1.46. The Morgan fingerprint density at radius 2 is 2.24 bits per heavy atom. The molecule has 0 saturated carbocycles. The van der Waals surface area contributed by atoms with Crippen molar-refractivity contribution in [1.82, 2.24) is 20.4 Å². The highest BCUT2D eigenvalue weighted by Gasteiger charge is 2.30. The Kier molecular flexibility index (Phi) is 6.00. The predicted octanol–water partition coefficient (Wildman–Crippen LogP) is 2.35. The van der Waals surface area contributed by atoms with Crippen LogP contribution in [0.15, 0.2) is 34.9 Å². The number of carbonyl (C=O) groups excluding carboxylic acids is 1. The molecule has 0 bridgehead atoms. The summed E-state index contributed by atoms with van der Waals surface area (Å²) in [6.45, 7) is 5.01. The van der Waals surface area contributed by atoms with E-state index in [9.17, 15) is 4.79 Å². The van der Waals surface area contributed by atoms with Gasteiger partial charge in [-0.05, 0) is 18.9 Å². The van der Waals surface area contributed by atoms with Gasteiger partial charge in [0.15, 0.2) is 5.82 Å². The van der Waals surface area contributed by atoms with E-state index in [1.807, 2.05) is 37.3 Å². The Morgan fingerprint density at radius 3 is 3.04 bits per heavy atom. The molecular formula is C18H24N4O3. The quantitative estimate of drug-likeness (QED) is 0.780. The molecule has 1 atom stereocenters. The number of nitrogens with zero attached hydrogens (tertiary/aromatic N) is 3. The fraction of sp³-hybridized carbons (Fsp3) is 0.500. The van der Waals surface area contributed by atoms with Crippen molar-refractivity contribution in [2.75, 3.05) is 26.2 Å². The molecule has 7 nitrogen and oxygen atoms in total. The summed E-state index contributed by atoms with van der Waals surface area (Å²) < 4.78 is 11.0. The van der Waals surface area contributed by atoms with Crippen LogP contribution in [0.4, 0.5) is 4.79 Å². The fourth-order valence-corrected chi connectivity index (χ4v) is 2.87. The first-order valence-electron chi connectivity index (χ1n) is 8.73. The number of amides is 2. The minimum atomic E-state index is -0.0287. The topological polar surface area (TPSA) is 80.5 Å². The fourth-order valence-electron chi connectivity index (χ4n) is 2.87. The number of benzene rings is 1. The molecule has 0 aliphatic carbocycles. The van der Waals surface area contributed by atoms with Gasteiger partial charge in [0.1, 0.15) is 0 Å². The van der Waals surface area contributed by atoms with Gasteiger partial charge in [0.2, 0.25) is 5.89 Å². The molecule has 0 spiro atoms. The summed E-state index contributed by atoms with van der Waals surface area (Å²) in [5.74, 6) is 1.39. The Bertz CT molecular complexity index is 674. The molecule has 25 heavy (non-hydrogen) atoms. The van der Waals surface area contributed by atoms with E-state index >= 15 is 0 Å². The summed E-state index contributed by atoms with van der Waals surface area (Å²) in [6, 6.07) is 10.0. The molecule has 0 radical (unpaired) electrons. The minimum absolute atomic E-state index is 0.0287. The molecule has 7 heteroatoms. The Hall–Kier alpha value is -2.41. The summed E-state index contributed by atoms with van der Waals surface area (Å²) in [5.41, 5.74) is 1.15. The van der Waals surface area contributed by atoms with E-state index in [4.69, 9.17) is 9.26 Å². The van der Waals surface area contributed by atoms with Gasteiger partial charge in [0, 0.05) is 26.1 Å². The second kappa shape index (κ2) is 8.62. The van der Waals surface area contributed by atoms with Gasteiger partial charge in [-0.25, -0.2) is 4.79 Å². The molecule has 2 aromatic rings. The number of carbonyl (C=O) groups is 1. The highest BCUT2D eigenvalue weighted by Crippen LogP contribution is 2.25. The zero-order valence-corrected chi connectivity index (χ0v) is 14.5. The highest BCUT2D eigenvalue weighted by molar-refractivity contribution is 5.74. The van der Waals surface area contributed by atoms with E-state index in [0.29, 0.717) is 51.0 Å². The van der Waals surface area contributed by atoms with Gasteiger partial charge >= 0.3 is 6.03 Å². The van der Waals surface area contributed by atoms with Crippen LogP contribution < -0.4 is 5.32 Å². The van der Waals surface area contributed by atoms with Crippen molar-refractivity contribution in [1.29, 1.82) is 0 Å². The van der Waals surface area contributed by atoms with Crippen LogP contribution in [0, 0.1) is 0 Å². The number of urea groups is 1. The van der Waals surface area contributed by atoms with Gasteiger partial charge in [-0.1, -0.05) is 35.5 Å². The third-order valence-corrected chi connectivity index (χ3v) is 4.22. The zero-order valence-electron chi connectivity index (χ0n) is 14.5. The molecule has 1 aliphatic heterocycles. The summed E-state index contributed by atoms with van der Waals surface area (Å²) >= 11 is 0. The van der Waals surface area contributed by atoms with Gasteiger partial charge in [0.25, 0.3) is 0 Å². The Labute approximate surface area is 147 Å². The van der Waals surface area contributed by atoms with Gasteiger partial charge in [-0.2, -0.15) is 4.98 Å². The largest absolute Gasteiger partial charge is 0.376 e. The van der Waals surface area contributed by atoms with Crippen molar-refractivity contribution in [3.63, 3.8) is 0 Å². The number of hydrogen-bond donors (Lipinski definition) is 1. The van der Waals surface area contributed by atoms with Crippen molar-refractivity contribution < 1.29 is 14.1 Å². The molecule has 2 amide bonds. The van der Waals surface area contributed by atoms with Crippen LogP contribution in [0.3, 0.4) is 0 Å². The maximum Gasteiger partial charge on any atom is 0.317 e. The number of likely N-dealkylation sites (tertiary alicyclic amines) is 1. The van der Waals surface area contributed by atoms with Crippen LogP contribution in [0.5, 0.6) is 0 Å². The third-order valence-electron chi connectivity index (χ3n) is 4.22. The minimum Gasteiger partial charge on any atom is -0.376 e. The van der Waals surface area contributed by atoms with E-state index in [1.165, 1.54) is 0 Å². The first kappa shape index (κ1) is 17.4. The van der Waals surface area contributed by atoms with E-state index in [2.05, 4.69) is 15.5 Å². The highest BCUT2D eigenvalue weighted by atomic mass is 16.5. The predicted molar refractivity (Wildman–Crippen MR) is 92.1 cm³/mol. The molecular weight excluding hydrogens is 320 g/mol. The second-order valence-electron chi connectivity index (χ2n) is 6.10. The number of rotatable bonds is 7. The van der Waals surface area contributed by atoms with Crippen molar-refractivity contribution in [3.05, 3.63) is 47.6 Å². The summed E-state index contributed by atoms with van der Waals surface area (Å²) in [7, 11) is 0. The normalized spacial score (nSPS) is 17.0. The van der Waals surface area contributed by atoms with Crippen molar-refractivity contribution >= 4 is 6.03 Å². The molecule has 1 aromatic carbocycles. The number of hydrogen-bond acceptors (Lipinski definition) is 5. The lowest BCUT2D eigenvalue weighted by Gasteiger charge is -2.15. The van der Waals surface area contributed by atoms with E-state index in [-0.39, 0.29) is 11.9 Å². The molecule has 2 heterocycles. The lowest BCUT2D eigenvalue weighted by Crippen LogP contribution is -2.38. The number of nitrogens with one attached hydrogen (secondary N) is 1. The lowest BCUT2D eigenvalue weighted by molar-refractivity contribution is 0.122. The monoisotopic (exact) mass is 344 g/mol. The summed E-state index contributed by atoms with van der Waals surface area (Å²) in [5, 5.41) is 6.84. The average Bonchev–Trinajstić information content (AvgIpc) is 3.29. The molecule has 134 valence electrons. The van der Waals surface area contributed by atoms with E-state index < -0.39 is 0 Å². The van der Waals surface area contributed by atoms with E-state index in [1.54, 1.807) is 4.90 Å². The Morgan fingerprint density at radius 1 is 1.40 bits per heavy atom. The van der Waals surface area contributed by atoms with Crippen LogP contribution in [-0.2, 0) is 17.8 Å². The van der Waals surface area contributed by atoms with Crippen molar-refractivity contribution in [2.45, 2.75) is 32.3 Å². The van der Waals surface area contributed by atoms with Gasteiger partial charge in [-0.3, -0.25) is 0 Å². The maximum atomic E-state index is 11.9. The molecule has 1 N–H and O–H groups in total. The Balaban J connectivity index is 1.42. The maximum absolute atomic E-state index is 11.9. The molecule has 1 unspecified atom stereocenters. The molecule has 1 fully saturated rings. The van der Waals surface area contributed by atoms with Crippen LogP contribution in [0.25, 0.3) is 0 Å². The molecule has 1 aliphatic rings. The van der Waals surface area contributed by atoms with E-state index in [0.717, 1.165) is 12.0 Å². The standard InChI is InChI=1S/C18H24N4O3/c1-2-19-18(23)22-10-8-15(12-22)17-20-16(21-25-17)9-11-24-13-14-6-4-3-5-7-14/h3-7,15H,2,8-13H2,1H3,(H,19,23).